The van der Waals surface area contributed by atoms with Crippen LogP contribution < -0.4 is 10.1 Å². The monoisotopic (exact) mass is 425 g/mol. The molecule has 2 aliphatic heterocycles. The van der Waals surface area contributed by atoms with Crippen LogP contribution in [0.1, 0.15) is 37.0 Å². The van der Waals surface area contributed by atoms with Gasteiger partial charge in [-0.15, -0.1) is 0 Å². The Bertz CT molecular complexity index is 813. The molecule has 2 saturated heterocycles. The first-order valence-corrected chi connectivity index (χ1v) is 11.6. The summed E-state index contributed by atoms with van der Waals surface area (Å²) in [5, 5.41) is 2.89. The van der Waals surface area contributed by atoms with Gasteiger partial charge in [0, 0.05) is 44.8 Å². The van der Waals surface area contributed by atoms with Gasteiger partial charge in [0.15, 0.2) is 0 Å². The molecule has 8 nitrogen and oxygen atoms in total. The van der Waals surface area contributed by atoms with Crippen molar-refractivity contribution in [2.24, 2.45) is 0 Å². The molecule has 29 heavy (non-hydrogen) atoms. The van der Waals surface area contributed by atoms with E-state index in [0.29, 0.717) is 25.2 Å². The van der Waals surface area contributed by atoms with Gasteiger partial charge in [0.2, 0.25) is 10.0 Å². The lowest BCUT2D eigenvalue weighted by molar-refractivity contribution is -0.0672. The minimum Gasteiger partial charge on any atom is -0.495 e. The molecule has 2 atom stereocenters. The average molecular weight is 426 g/mol. The lowest BCUT2D eigenvalue weighted by Gasteiger charge is -2.35. The Morgan fingerprint density at radius 2 is 1.86 bits per heavy atom. The second-order valence-corrected chi connectivity index (χ2v) is 9.66. The maximum Gasteiger partial charge on any atom is 0.251 e. The van der Waals surface area contributed by atoms with Crippen LogP contribution in [0.3, 0.4) is 0 Å². The Morgan fingerprint density at radius 1 is 1.21 bits per heavy atom. The molecular weight excluding hydrogens is 394 g/mol. The molecule has 0 radical (unpaired) electrons. The maximum absolute atomic E-state index is 13.0. The second kappa shape index (κ2) is 9.42. The van der Waals surface area contributed by atoms with Gasteiger partial charge in [-0.3, -0.25) is 9.69 Å². The third-order valence-corrected chi connectivity index (χ3v) is 7.24. The molecule has 0 aromatic heterocycles. The van der Waals surface area contributed by atoms with E-state index in [-0.39, 0.29) is 28.8 Å². The third kappa shape index (κ3) is 5.28. The van der Waals surface area contributed by atoms with Crippen molar-refractivity contribution in [3.8, 4) is 5.75 Å². The summed E-state index contributed by atoms with van der Waals surface area (Å²) in [6.45, 7) is 7.96. The number of amides is 1. The molecule has 0 aliphatic carbocycles. The summed E-state index contributed by atoms with van der Waals surface area (Å²) in [5.74, 6) is -0.0374. The summed E-state index contributed by atoms with van der Waals surface area (Å²) in [6, 6.07) is 4.56. The van der Waals surface area contributed by atoms with Crippen molar-refractivity contribution in [3.05, 3.63) is 23.8 Å². The normalized spacial score (nSPS) is 23.8. The van der Waals surface area contributed by atoms with Crippen molar-refractivity contribution in [1.29, 1.82) is 0 Å². The molecule has 1 amide bonds. The highest BCUT2D eigenvalue weighted by Crippen LogP contribution is 2.29. The van der Waals surface area contributed by atoms with Crippen molar-refractivity contribution in [2.75, 3.05) is 46.4 Å². The largest absolute Gasteiger partial charge is 0.495 e. The van der Waals surface area contributed by atoms with E-state index in [1.165, 1.54) is 17.5 Å². The molecule has 3 rings (SSSR count). The van der Waals surface area contributed by atoms with Crippen LogP contribution in [-0.2, 0) is 14.8 Å². The van der Waals surface area contributed by atoms with E-state index in [0.717, 1.165) is 32.5 Å². The molecule has 1 N–H and O–H groups in total. The van der Waals surface area contributed by atoms with E-state index in [2.05, 4.69) is 10.2 Å². The summed E-state index contributed by atoms with van der Waals surface area (Å²) >= 11 is 0. The fraction of sp³-hybridized carbons (Fsp3) is 0.650. The highest BCUT2D eigenvalue weighted by molar-refractivity contribution is 7.89. The van der Waals surface area contributed by atoms with Crippen molar-refractivity contribution in [3.63, 3.8) is 0 Å². The van der Waals surface area contributed by atoms with E-state index in [1.807, 2.05) is 13.8 Å². The van der Waals surface area contributed by atoms with Crippen LogP contribution in [0.25, 0.3) is 0 Å². The number of carbonyl (C=O) groups is 1. The van der Waals surface area contributed by atoms with Crippen LogP contribution in [-0.4, -0.2) is 82.1 Å². The van der Waals surface area contributed by atoms with Crippen molar-refractivity contribution >= 4 is 15.9 Å². The number of ether oxygens (including phenoxy) is 2. The molecular formula is C20H31N3O5S. The number of nitrogens with one attached hydrogen (secondary N) is 1. The van der Waals surface area contributed by atoms with Crippen LogP contribution in [0.15, 0.2) is 23.1 Å². The van der Waals surface area contributed by atoms with Gasteiger partial charge < -0.3 is 14.8 Å². The topological polar surface area (TPSA) is 88.2 Å². The van der Waals surface area contributed by atoms with Gasteiger partial charge in [-0.25, -0.2) is 8.42 Å². The summed E-state index contributed by atoms with van der Waals surface area (Å²) in [5.41, 5.74) is 0.312. The Labute approximate surface area is 173 Å². The lowest BCUT2D eigenvalue weighted by atomic mass is 10.2. The molecule has 0 bridgehead atoms. The summed E-state index contributed by atoms with van der Waals surface area (Å²) in [4.78, 5) is 14.9. The first-order chi connectivity index (χ1) is 13.8. The average Bonchev–Trinajstić information content (AvgIpc) is 3.22. The number of sulfonamides is 1. The molecule has 2 heterocycles. The molecule has 2 fully saturated rings. The van der Waals surface area contributed by atoms with Gasteiger partial charge in [0.05, 0.1) is 19.3 Å². The van der Waals surface area contributed by atoms with Crippen LogP contribution >= 0.6 is 0 Å². The fourth-order valence-corrected chi connectivity index (χ4v) is 5.68. The predicted molar refractivity (Wildman–Crippen MR) is 110 cm³/mol. The highest BCUT2D eigenvalue weighted by atomic mass is 32.2. The fourth-order valence-electron chi connectivity index (χ4n) is 3.98. The zero-order chi connectivity index (χ0) is 21.0. The second-order valence-electron chi connectivity index (χ2n) is 7.75. The zero-order valence-corrected chi connectivity index (χ0v) is 18.2. The number of methoxy groups -OCH3 is 1. The van der Waals surface area contributed by atoms with E-state index < -0.39 is 10.0 Å². The minimum absolute atomic E-state index is 0.0466. The Morgan fingerprint density at radius 3 is 2.48 bits per heavy atom. The van der Waals surface area contributed by atoms with Crippen LogP contribution in [0, 0.1) is 0 Å². The standard InChI is InChI=1S/C20H31N3O5S/c1-15-13-22(14-16(2)28-15)11-8-21-20(24)17-6-7-18(27-3)19(12-17)29(25,26)23-9-4-5-10-23/h6-7,12,15-16H,4-5,8-11,13-14H2,1-3H3,(H,21,24)/t15-,16-/m0/s1. The van der Waals surface area contributed by atoms with Gasteiger partial charge >= 0.3 is 0 Å². The number of hydrogen-bond acceptors (Lipinski definition) is 6. The Balaban J connectivity index is 1.66. The predicted octanol–water partition coefficient (Wildman–Crippen LogP) is 1.32. The van der Waals surface area contributed by atoms with Gasteiger partial charge in [0.1, 0.15) is 10.6 Å². The van der Waals surface area contributed by atoms with Crippen molar-refractivity contribution in [2.45, 2.75) is 43.8 Å². The first kappa shape index (κ1) is 22.0. The molecule has 9 heteroatoms. The van der Waals surface area contributed by atoms with E-state index in [9.17, 15) is 13.2 Å². The Hall–Kier alpha value is -1.68. The van der Waals surface area contributed by atoms with Gasteiger partial charge in [-0.2, -0.15) is 4.31 Å². The zero-order valence-electron chi connectivity index (χ0n) is 17.4. The van der Waals surface area contributed by atoms with Crippen molar-refractivity contribution in [1.82, 2.24) is 14.5 Å². The minimum atomic E-state index is -3.68. The number of carbonyl (C=O) groups excluding carboxylic acids is 1. The molecule has 162 valence electrons. The van der Waals surface area contributed by atoms with Gasteiger partial charge in [-0.05, 0) is 44.9 Å². The number of hydrogen-bond donors (Lipinski definition) is 1. The van der Waals surface area contributed by atoms with Gasteiger partial charge in [-0.1, -0.05) is 0 Å². The molecule has 1 aromatic rings. The smallest absolute Gasteiger partial charge is 0.251 e. The summed E-state index contributed by atoms with van der Waals surface area (Å²) in [7, 11) is -2.25. The van der Waals surface area contributed by atoms with Gasteiger partial charge in [0.25, 0.3) is 5.91 Å². The molecule has 2 aliphatic rings. The molecule has 0 spiro atoms. The quantitative estimate of drug-likeness (QED) is 0.709. The molecule has 0 unspecified atom stereocenters. The number of morpholine rings is 1. The van der Waals surface area contributed by atoms with Crippen LogP contribution in [0.5, 0.6) is 5.75 Å². The first-order valence-electron chi connectivity index (χ1n) is 10.2. The molecule has 1 aromatic carbocycles. The molecule has 0 saturated carbocycles. The van der Waals surface area contributed by atoms with Crippen molar-refractivity contribution < 1.29 is 22.7 Å². The number of nitrogens with zero attached hydrogens (tertiary/aromatic N) is 2. The number of benzene rings is 1. The number of rotatable bonds is 7. The van der Waals surface area contributed by atoms with E-state index >= 15 is 0 Å². The summed E-state index contributed by atoms with van der Waals surface area (Å²) in [6.07, 6.45) is 2.05. The van der Waals surface area contributed by atoms with E-state index in [4.69, 9.17) is 9.47 Å². The maximum atomic E-state index is 13.0. The highest BCUT2D eigenvalue weighted by Gasteiger charge is 2.30. The Kier molecular flexibility index (Phi) is 7.15. The SMILES string of the molecule is COc1ccc(C(=O)NCCN2C[C@H](C)O[C@@H](C)C2)cc1S(=O)(=O)N1CCCC1. The van der Waals surface area contributed by atoms with E-state index in [1.54, 1.807) is 12.1 Å². The summed E-state index contributed by atoms with van der Waals surface area (Å²) < 4.78 is 38.4. The lowest BCUT2D eigenvalue weighted by Crippen LogP contribution is -2.47. The third-order valence-electron chi connectivity index (χ3n) is 5.32. The van der Waals surface area contributed by atoms with Crippen LogP contribution in [0.2, 0.25) is 0 Å². The van der Waals surface area contributed by atoms with Crippen LogP contribution in [0.4, 0.5) is 0 Å².